The van der Waals surface area contributed by atoms with E-state index in [1.807, 2.05) is 13.8 Å². The summed E-state index contributed by atoms with van der Waals surface area (Å²) in [7, 11) is -1.54. The number of aryl methyl sites for hydroxylation is 1. The number of nitrogens with one attached hydrogen (secondary N) is 2. The number of hydrogen-bond acceptors (Lipinski definition) is 10. The molecule has 15 heteroatoms. The first-order valence-electron chi connectivity index (χ1n) is 11.5. The predicted octanol–water partition coefficient (Wildman–Crippen LogP) is 0.362. The van der Waals surface area contributed by atoms with E-state index in [0.717, 1.165) is 0 Å². The van der Waals surface area contributed by atoms with Gasteiger partial charge in [0, 0.05) is 31.5 Å². The molecule has 0 bridgehead atoms. The van der Waals surface area contributed by atoms with Crippen molar-refractivity contribution in [1.29, 1.82) is 0 Å². The second-order valence-electron chi connectivity index (χ2n) is 8.25. The van der Waals surface area contributed by atoms with Crippen LogP contribution in [0, 0.1) is 0 Å². The van der Waals surface area contributed by atoms with E-state index in [9.17, 15) is 22.8 Å². The minimum Gasteiger partial charge on any atom is -0.366 e. The number of aromatic nitrogens is 5. The van der Waals surface area contributed by atoms with E-state index in [0.29, 0.717) is 12.2 Å². The Kier molecular flexibility index (Phi) is 9.85. The molecule has 1 saturated heterocycles. The number of anilines is 2. The van der Waals surface area contributed by atoms with Crippen molar-refractivity contribution >= 4 is 44.6 Å². The number of nitrogens with two attached hydrogens (primary N) is 2. The van der Waals surface area contributed by atoms with Crippen LogP contribution >= 0.6 is 0 Å². The molecule has 3 aromatic heterocycles. The lowest BCUT2D eigenvalue weighted by Crippen LogP contribution is -2.50. The van der Waals surface area contributed by atoms with Gasteiger partial charge < -0.3 is 26.9 Å². The summed E-state index contributed by atoms with van der Waals surface area (Å²) in [4.78, 5) is 38.2. The lowest BCUT2D eigenvalue weighted by molar-refractivity contribution is -0.115. The number of Topliss-reactive ketones (excluding diaryl/α,β-unsaturated/α-hetero) is 1. The first kappa shape index (κ1) is 29.4. The minimum absolute atomic E-state index is 0.0499. The van der Waals surface area contributed by atoms with Crippen LogP contribution in [0.25, 0.3) is 5.65 Å². The van der Waals surface area contributed by atoms with E-state index in [2.05, 4.69) is 25.8 Å². The zero-order valence-corrected chi connectivity index (χ0v) is 22.2. The Morgan fingerprint density at radius 1 is 1.19 bits per heavy atom. The Morgan fingerprint density at radius 3 is 2.43 bits per heavy atom. The smallest absolute Gasteiger partial charge is 0.271 e. The van der Waals surface area contributed by atoms with Crippen molar-refractivity contribution in [3.05, 3.63) is 35.9 Å². The molecule has 1 aliphatic heterocycles. The maximum absolute atomic E-state index is 12.8. The van der Waals surface area contributed by atoms with E-state index in [1.165, 1.54) is 35.4 Å². The molecule has 0 spiro atoms. The topological polar surface area (TPSA) is 209 Å². The Hall–Kier alpha value is -3.85. The van der Waals surface area contributed by atoms with Crippen molar-refractivity contribution in [2.45, 2.75) is 46.2 Å². The molecule has 4 heterocycles. The molecule has 2 atom stereocenters. The highest BCUT2D eigenvalue weighted by atomic mass is 32.2. The van der Waals surface area contributed by atoms with Gasteiger partial charge in [0.05, 0.1) is 23.4 Å². The molecule has 2 amide bonds. The van der Waals surface area contributed by atoms with Crippen molar-refractivity contribution in [3.8, 4) is 0 Å². The molecule has 1 fully saturated rings. The Morgan fingerprint density at radius 2 is 1.84 bits per heavy atom. The highest BCUT2D eigenvalue weighted by Crippen LogP contribution is 2.19. The van der Waals surface area contributed by atoms with Crippen LogP contribution in [0.4, 0.5) is 11.5 Å². The quantitative estimate of drug-likeness (QED) is 0.352. The number of carbonyl (C=O) groups excluding carboxylic acids is 3. The van der Waals surface area contributed by atoms with E-state index >= 15 is 0 Å². The SMILES string of the molecule is CC.CC(C)=O.Cn1cc(NC(=O)c2cnn3ccc(NC4CCS(=O)(=O)CC4N)nc23)c(C(N)=O)n1. The van der Waals surface area contributed by atoms with Crippen LogP contribution in [-0.2, 0) is 21.7 Å². The molecule has 4 rings (SSSR count). The van der Waals surface area contributed by atoms with Crippen molar-refractivity contribution in [3.63, 3.8) is 0 Å². The molecule has 0 saturated carbocycles. The van der Waals surface area contributed by atoms with Crippen molar-refractivity contribution in [2.24, 2.45) is 18.5 Å². The van der Waals surface area contributed by atoms with Crippen molar-refractivity contribution in [2.75, 3.05) is 22.1 Å². The van der Waals surface area contributed by atoms with Gasteiger partial charge in [0.1, 0.15) is 17.2 Å². The van der Waals surface area contributed by atoms with Crippen LogP contribution in [-0.4, -0.2) is 74.0 Å². The third-order valence-corrected chi connectivity index (χ3v) is 6.71. The van der Waals surface area contributed by atoms with Crippen LogP contribution in [0.2, 0.25) is 0 Å². The number of primary amides is 1. The molecular weight excluding hydrogens is 502 g/mol. The predicted molar refractivity (Wildman–Crippen MR) is 139 cm³/mol. The molecule has 6 N–H and O–H groups in total. The van der Waals surface area contributed by atoms with Crippen LogP contribution in [0.1, 0.15) is 55.0 Å². The normalized spacial score (nSPS) is 18.0. The van der Waals surface area contributed by atoms with Gasteiger partial charge in [-0.1, -0.05) is 13.8 Å². The van der Waals surface area contributed by atoms with Gasteiger partial charge >= 0.3 is 0 Å². The van der Waals surface area contributed by atoms with Gasteiger partial charge in [0.2, 0.25) is 0 Å². The molecule has 0 radical (unpaired) electrons. The molecule has 14 nitrogen and oxygen atoms in total. The van der Waals surface area contributed by atoms with Gasteiger partial charge in [-0.25, -0.2) is 17.9 Å². The number of hydrogen-bond donors (Lipinski definition) is 4. The van der Waals surface area contributed by atoms with Crippen LogP contribution in [0.3, 0.4) is 0 Å². The highest BCUT2D eigenvalue weighted by molar-refractivity contribution is 7.91. The Labute approximate surface area is 214 Å². The van der Waals surface area contributed by atoms with Gasteiger partial charge in [-0.05, 0) is 26.3 Å². The number of sulfone groups is 1. The summed E-state index contributed by atoms with van der Waals surface area (Å²) in [5.74, 6) is -0.766. The molecule has 2 unspecified atom stereocenters. The van der Waals surface area contributed by atoms with Crippen molar-refractivity contribution < 1.29 is 22.8 Å². The van der Waals surface area contributed by atoms with E-state index in [-0.39, 0.29) is 45.9 Å². The molecule has 0 aliphatic carbocycles. The molecule has 202 valence electrons. The lowest BCUT2D eigenvalue weighted by atomic mass is 10.1. The zero-order valence-electron chi connectivity index (χ0n) is 21.4. The van der Waals surface area contributed by atoms with Crippen molar-refractivity contribution in [1.82, 2.24) is 24.4 Å². The fourth-order valence-corrected chi connectivity index (χ4v) is 5.04. The van der Waals surface area contributed by atoms with E-state index < -0.39 is 27.7 Å². The summed E-state index contributed by atoms with van der Waals surface area (Å²) >= 11 is 0. The second kappa shape index (κ2) is 12.4. The summed E-state index contributed by atoms with van der Waals surface area (Å²) in [5.41, 5.74) is 11.8. The van der Waals surface area contributed by atoms with Gasteiger partial charge in [-0.15, -0.1) is 0 Å². The van der Waals surface area contributed by atoms with Crippen LogP contribution < -0.4 is 22.1 Å². The largest absolute Gasteiger partial charge is 0.366 e. The van der Waals surface area contributed by atoms with Gasteiger partial charge in [0.25, 0.3) is 11.8 Å². The third-order valence-electron chi connectivity index (χ3n) is 4.96. The molecule has 3 aromatic rings. The van der Waals surface area contributed by atoms with Gasteiger partial charge in [0.15, 0.2) is 21.2 Å². The first-order chi connectivity index (χ1) is 17.4. The first-order valence-corrected chi connectivity index (χ1v) is 13.4. The summed E-state index contributed by atoms with van der Waals surface area (Å²) in [6.45, 7) is 7.06. The summed E-state index contributed by atoms with van der Waals surface area (Å²) < 4.78 is 26.2. The maximum atomic E-state index is 12.8. The summed E-state index contributed by atoms with van der Waals surface area (Å²) in [6.07, 6.45) is 4.79. The number of carbonyl (C=O) groups is 3. The number of rotatable bonds is 5. The van der Waals surface area contributed by atoms with Crippen LogP contribution in [0.15, 0.2) is 24.7 Å². The monoisotopic (exact) mass is 535 g/mol. The summed E-state index contributed by atoms with van der Waals surface area (Å²) in [6, 6.07) is 0.818. The number of fused-ring (bicyclic) bond motifs is 1. The molecule has 37 heavy (non-hydrogen) atoms. The molecular formula is C22H33N9O5S. The van der Waals surface area contributed by atoms with Crippen LogP contribution in [0.5, 0.6) is 0 Å². The number of amides is 2. The van der Waals surface area contributed by atoms with Gasteiger partial charge in [-0.3, -0.25) is 14.3 Å². The molecule has 0 aromatic carbocycles. The zero-order chi connectivity index (χ0) is 27.9. The summed E-state index contributed by atoms with van der Waals surface area (Å²) in [5, 5.41) is 13.8. The molecule has 1 aliphatic rings. The maximum Gasteiger partial charge on any atom is 0.271 e. The number of ketones is 1. The lowest BCUT2D eigenvalue weighted by Gasteiger charge is -2.29. The third kappa shape index (κ3) is 7.82. The van der Waals surface area contributed by atoms with E-state index in [4.69, 9.17) is 11.5 Å². The fourth-order valence-electron chi connectivity index (χ4n) is 3.44. The van der Waals surface area contributed by atoms with Gasteiger partial charge in [-0.2, -0.15) is 10.2 Å². The number of nitrogens with zero attached hydrogens (tertiary/aromatic N) is 5. The second-order valence-corrected chi connectivity index (χ2v) is 10.5. The fraction of sp³-hybridized carbons (Fsp3) is 0.455. The van der Waals surface area contributed by atoms with E-state index in [1.54, 1.807) is 19.3 Å². The highest BCUT2D eigenvalue weighted by Gasteiger charge is 2.31. The Balaban J connectivity index is 0.000000733. The standard InChI is InChI=1S/C17H21N9O4S.C3H6O.C2H6/c1-25-7-12(14(24-25)15(19)27)22-17(28)9-6-20-26-4-2-13(23-16(9)26)21-11-3-5-31(29,30)8-10(11)18;1-3(2)4;1-2/h2,4,6-7,10-11H,3,5,8,18H2,1H3,(H2,19,27)(H,21,23)(H,22,28);1-2H3;1-2H3. The average Bonchev–Trinajstić information content (AvgIpc) is 3.39. The Bertz CT molecular complexity index is 1380. The minimum atomic E-state index is -3.13. The average molecular weight is 536 g/mol.